The van der Waals surface area contributed by atoms with Gasteiger partial charge in [0, 0.05) is 11.3 Å². The van der Waals surface area contributed by atoms with E-state index in [1.165, 1.54) is 32.1 Å². The van der Waals surface area contributed by atoms with E-state index in [0.717, 1.165) is 30.6 Å². The van der Waals surface area contributed by atoms with Gasteiger partial charge in [-0.15, -0.1) is 0 Å². The van der Waals surface area contributed by atoms with E-state index in [-0.39, 0.29) is 5.41 Å². The van der Waals surface area contributed by atoms with Crippen molar-refractivity contribution in [2.45, 2.75) is 72.6 Å². The maximum atomic E-state index is 12.7. The van der Waals surface area contributed by atoms with Gasteiger partial charge in [0.05, 0.1) is 0 Å². The van der Waals surface area contributed by atoms with Crippen molar-refractivity contribution in [3.8, 4) is 0 Å². The topological polar surface area (TPSA) is 17.1 Å². The highest BCUT2D eigenvalue weighted by Crippen LogP contribution is 2.64. The second kappa shape index (κ2) is 4.71. The van der Waals surface area contributed by atoms with Gasteiger partial charge in [-0.1, -0.05) is 39.3 Å². The lowest BCUT2D eigenvalue weighted by Gasteiger charge is -2.57. The van der Waals surface area contributed by atoms with Crippen LogP contribution in [-0.4, -0.2) is 5.78 Å². The van der Waals surface area contributed by atoms with Gasteiger partial charge in [0.15, 0.2) is 0 Å². The Kier molecular flexibility index (Phi) is 3.20. The van der Waals surface area contributed by atoms with E-state index in [9.17, 15) is 4.79 Å². The van der Waals surface area contributed by atoms with Gasteiger partial charge in [-0.2, -0.15) is 0 Å². The average molecular weight is 300 g/mol. The normalized spacial score (nSPS) is 54.3. The van der Waals surface area contributed by atoms with Crippen LogP contribution in [0.25, 0.3) is 0 Å². The maximum absolute atomic E-state index is 12.7. The summed E-state index contributed by atoms with van der Waals surface area (Å²) in [6.45, 7) is 9.45. The number of rotatable bonds is 0. The van der Waals surface area contributed by atoms with Crippen molar-refractivity contribution in [3.63, 3.8) is 0 Å². The summed E-state index contributed by atoms with van der Waals surface area (Å²) in [4.78, 5) is 12.7. The van der Waals surface area contributed by atoms with E-state index in [4.69, 9.17) is 0 Å². The third-order valence-electron chi connectivity index (χ3n) is 8.36. The van der Waals surface area contributed by atoms with Crippen LogP contribution in [-0.2, 0) is 4.79 Å². The Labute approximate surface area is 135 Å². The Hall–Kier alpha value is -0.590. The highest BCUT2D eigenvalue weighted by molar-refractivity contribution is 5.89. The van der Waals surface area contributed by atoms with E-state index in [2.05, 4.69) is 33.8 Å². The van der Waals surface area contributed by atoms with Crippen LogP contribution in [0.3, 0.4) is 0 Å². The molecule has 3 fully saturated rings. The molecule has 4 aliphatic rings. The molecular weight excluding hydrogens is 268 g/mol. The van der Waals surface area contributed by atoms with Gasteiger partial charge in [-0.25, -0.2) is 0 Å². The smallest absolute Gasteiger partial charge is 0.141 e. The summed E-state index contributed by atoms with van der Waals surface area (Å²) in [6.07, 6.45) is 11.6. The summed E-state index contributed by atoms with van der Waals surface area (Å²) in [6, 6.07) is 0. The van der Waals surface area contributed by atoms with Crippen LogP contribution in [0.15, 0.2) is 11.6 Å². The van der Waals surface area contributed by atoms with Crippen molar-refractivity contribution in [2.24, 2.45) is 40.4 Å². The van der Waals surface area contributed by atoms with Crippen LogP contribution in [0.1, 0.15) is 72.6 Å². The Morgan fingerprint density at radius 3 is 2.55 bits per heavy atom. The molecule has 0 heterocycles. The lowest BCUT2D eigenvalue weighted by molar-refractivity contribution is -0.133. The van der Waals surface area contributed by atoms with Gasteiger partial charge in [-0.3, -0.25) is 4.79 Å². The van der Waals surface area contributed by atoms with Gasteiger partial charge in [-0.05, 0) is 74.0 Å². The number of carbonyl (C=O) groups is 1. The summed E-state index contributed by atoms with van der Waals surface area (Å²) < 4.78 is 0. The summed E-state index contributed by atoms with van der Waals surface area (Å²) >= 11 is 0. The zero-order valence-corrected chi connectivity index (χ0v) is 14.8. The second-order valence-electron chi connectivity index (χ2n) is 9.56. The summed E-state index contributed by atoms with van der Waals surface area (Å²) in [5.41, 5.74) is 2.23. The molecule has 0 amide bonds. The molecule has 3 saturated carbocycles. The zero-order chi connectivity index (χ0) is 15.7. The minimum Gasteiger partial charge on any atom is -0.299 e. The van der Waals surface area contributed by atoms with Crippen molar-refractivity contribution in [3.05, 3.63) is 11.6 Å². The quantitative estimate of drug-likeness (QED) is 0.547. The standard InChI is InChI=1S/C21H32O/c1-13-7-9-20(3)15(11-13)5-6-16-17(20)8-10-21(4)18(16)12-14(2)19(21)22/h5,13-14,16-18H,6-12H2,1-4H3/t13-,14?,16?,17?,18?,20?,21?/m0/s1. The van der Waals surface area contributed by atoms with E-state index >= 15 is 0 Å². The lowest BCUT2D eigenvalue weighted by Crippen LogP contribution is -2.50. The Balaban J connectivity index is 1.70. The molecule has 0 saturated heterocycles. The SMILES string of the molecule is CC1CC2C3CC=C4C[C@@H](C)CCC4(C)C3CCC2(C)C1=O. The molecule has 0 radical (unpaired) electrons. The first-order valence-electron chi connectivity index (χ1n) is 9.60. The van der Waals surface area contributed by atoms with Gasteiger partial charge in [0.1, 0.15) is 5.78 Å². The highest BCUT2D eigenvalue weighted by Gasteiger charge is 2.60. The molecule has 4 rings (SSSR count). The fourth-order valence-electron chi connectivity index (χ4n) is 6.95. The molecule has 1 heteroatoms. The van der Waals surface area contributed by atoms with Gasteiger partial charge in [0.2, 0.25) is 0 Å². The van der Waals surface area contributed by atoms with Crippen molar-refractivity contribution in [2.75, 3.05) is 0 Å². The molecule has 0 spiro atoms. The van der Waals surface area contributed by atoms with Crippen LogP contribution in [0.4, 0.5) is 0 Å². The Bertz CT molecular complexity index is 532. The molecule has 122 valence electrons. The van der Waals surface area contributed by atoms with Crippen molar-refractivity contribution in [1.82, 2.24) is 0 Å². The molecule has 0 aromatic heterocycles. The zero-order valence-electron chi connectivity index (χ0n) is 14.8. The first-order valence-corrected chi connectivity index (χ1v) is 9.60. The monoisotopic (exact) mass is 300 g/mol. The van der Waals surface area contributed by atoms with Crippen LogP contribution in [0.5, 0.6) is 0 Å². The van der Waals surface area contributed by atoms with E-state index in [1.54, 1.807) is 5.57 Å². The number of Topliss-reactive ketones (excluding diaryl/α,β-unsaturated/α-hetero) is 1. The second-order valence-corrected chi connectivity index (χ2v) is 9.56. The minimum absolute atomic E-state index is 0.00421. The van der Waals surface area contributed by atoms with Crippen LogP contribution >= 0.6 is 0 Å². The van der Waals surface area contributed by atoms with Gasteiger partial charge >= 0.3 is 0 Å². The molecule has 7 atom stereocenters. The molecule has 0 N–H and O–H groups in total. The fraction of sp³-hybridized carbons (Fsp3) is 0.857. The fourth-order valence-corrected chi connectivity index (χ4v) is 6.95. The van der Waals surface area contributed by atoms with Crippen molar-refractivity contribution < 1.29 is 4.79 Å². The van der Waals surface area contributed by atoms with Crippen LogP contribution in [0, 0.1) is 40.4 Å². The summed E-state index contributed by atoms with van der Waals surface area (Å²) in [5.74, 6) is 4.03. The van der Waals surface area contributed by atoms with Crippen molar-refractivity contribution in [1.29, 1.82) is 0 Å². The number of carbonyl (C=O) groups excluding carboxylic acids is 1. The number of hydrogen-bond donors (Lipinski definition) is 0. The third kappa shape index (κ3) is 1.80. The number of ketones is 1. The summed E-state index contributed by atoms with van der Waals surface area (Å²) in [7, 11) is 0. The average Bonchev–Trinajstić information content (AvgIpc) is 2.72. The molecule has 0 aliphatic heterocycles. The van der Waals surface area contributed by atoms with Gasteiger partial charge < -0.3 is 0 Å². The van der Waals surface area contributed by atoms with Crippen molar-refractivity contribution >= 4 is 5.78 Å². The molecule has 0 bridgehead atoms. The molecule has 1 nitrogen and oxygen atoms in total. The van der Waals surface area contributed by atoms with Crippen LogP contribution < -0.4 is 0 Å². The Morgan fingerprint density at radius 2 is 1.77 bits per heavy atom. The molecule has 6 unspecified atom stereocenters. The first-order chi connectivity index (χ1) is 10.4. The number of allylic oxidation sites excluding steroid dienone is 2. The molecule has 0 aromatic carbocycles. The summed E-state index contributed by atoms with van der Waals surface area (Å²) in [5, 5.41) is 0. The first kappa shape index (κ1) is 15.0. The predicted molar refractivity (Wildman–Crippen MR) is 90.4 cm³/mol. The van der Waals surface area contributed by atoms with E-state index in [0.29, 0.717) is 23.0 Å². The maximum Gasteiger partial charge on any atom is 0.141 e. The predicted octanol–water partition coefficient (Wildman–Crippen LogP) is 5.40. The number of hydrogen-bond acceptors (Lipinski definition) is 1. The molecular formula is C21H32O. The van der Waals surface area contributed by atoms with Gasteiger partial charge in [0.25, 0.3) is 0 Å². The van der Waals surface area contributed by atoms with E-state index < -0.39 is 0 Å². The Morgan fingerprint density at radius 1 is 1.05 bits per heavy atom. The third-order valence-corrected chi connectivity index (χ3v) is 8.36. The van der Waals surface area contributed by atoms with Crippen LogP contribution in [0.2, 0.25) is 0 Å². The largest absolute Gasteiger partial charge is 0.299 e. The molecule has 0 aromatic rings. The number of fused-ring (bicyclic) bond motifs is 5. The molecule has 22 heavy (non-hydrogen) atoms. The minimum atomic E-state index is 0.00421. The molecule has 4 aliphatic carbocycles. The lowest BCUT2D eigenvalue weighted by atomic mass is 9.47. The highest BCUT2D eigenvalue weighted by atomic mass is 16.1. The van der Waals surface area contributed by atoms with E-state index in [1.807, 2.05) is 0 Å².